The maximum atomic E-state index is 13.8. The van der Waals surface area contributed by atoms with Gasteiger partial charge in [0.05, 0.1) is 0 Å². The summed E-state index contributed by atoms with van der Waals surface area (Å²) in [6.45, 7) is 9.42. The van der Waals surface area contributed by atoms with Crippen LogP contribution < -0.4 is 10.1 Å². The summed E-state index contributed by atoms with van der Waals surface area (Å²) in [5.74, 6) is 0.478. The van der Waals surface area contributed by atoms with Crippen molar-refractivity contribution >= 4 is 11.6 Å². The summed E-state index contributed by atoms with van der Waals surface area (Å²) in [6, 6.07) is 12.2. The van der Waals surface area contributed by atoms with Crippen LogP contribution in [0, 0.1) is 5.82 Å². The fourth-order valence-corrected chi connectivity index (χ4v) is 2.98. The number of halogens is 2. The van der Waals surface area contributed by atoms with Gasteiger partial charge in [-0.05, 0) is 56.9 Å². The maximum absolute atomic E-state index is 13.8. The van der Waals surface area contributed by atoms with Crippen LogP contribution in [0.2, 0.25) is 5.02 Å². The minimum Gasteiger partial charge on any atom is -0.488 e. The van der Waals surface area contributed by atoms with Crippen molar-refractivity contribution in [1.29, 1.82) is 0 Å². The second-order valence-electron chi connectivity index (χ2n) is 6.19. The molecule has 2 rings (SSSR count). The van der Waals surface area contributed by atoms with E-state index in [4.69, 9.17) is 16.3 Å². The molecule has 3 nitrogen and oxygen atoms in total. The smallest absolute Gasteiger partial charge is 0.129 e. The van der Waals surface area contributed by atoms with Gasteiger partial charge >= 0.3 is 0 Å². The van der Waals surface area contributed by atoms with Gasteiger partial charge in [-0.3, -0.25) is 0 Å². The van der Waals surface area contributed by atoms with Crippen LogP contribution in [-0.4, -0.2) is 31.1 Å². The Morgan fingerprint density at radius 3 is 2.58 bits per heavy atom. The van der Waals surface area contributed by atoms with Crippen LogP contribution in [0.1, 0.15) is 31.4 Å². The van der Waals surface area contributed by atoms with E-state index in [0.29, 0.717) is 17.1 Å². The number of hydrogen-bond acceptors (Lipinski definition) is 3. The van der Waals surface area contributed by atoms with Gasteiger partial charge in [0, 0.05) is 22.7 Å². The van der Waals surface area contributed by atoms with Gasteiger partial charge in [-0.1, -0.05) is 43.6 Å². The molecular formula is C21H28ClFN2O. The molecule has 0 saturated heterocycles. The molecule has 0 fully saturated rings. The number of nitrogens with one attached hydrogen (secondary N) is 1. The fraction of sp³-hybridized carbons (Fsp3) is 0.429. The molecule has 0 atom stereocenters. The van der Waals surface area contributed by atoms with Crippen LogP contribution in [0.4, 0.5) is 4.39 Å². The Kier molecular flexibility index (Phi) is 8.89. The van der Waals surface area contributed by atoms with Crippen molar-refractivity contribution in [2.45, 2.75) is 33.4 Å². The highest BCUT2D eigenvalue weighted by molar-refractivity contribution is 6.30. The highest BCUT2D eigenvalue weighted by atomic mass is 35.5. The molecule has 0 aliphatic heterocycles. The van der Waals surface area contributed by atoms with Crippen molar-refractivity contribution in [3.63, 3.8) is 0 Å². The first-order valence-corrected chi connectivity index (χ1v) is 9.59. The molecule has 0 heterocycles. The Balaban J connectivity index is 1.87. The Morgan fingerprint density at radius 1 is 1.08 bits per heavy atom. The third-order valence-corrected chi connectivity index (χ3v) is 4.64. The fourth-order valence-electron chi connectivity index (χ4n) is 2.79. The van der Waals surface area contributed by atoms with Gasteiger partial charge in [0.15, 0.2) is 0 Å². The summed E-state index contributed by atoms with van der Waals surface area (Å²) < 4.78 is 19.6. The molecule has 0 aliphatic carbocycles. The molecule has 0 saturated carbocycles. The molecule has 0 amide bonds. The minimum atomic E-state index is -0.252. The molecule has 0 spiro atoms. The van der Waals surface area contributed by atoms with Crippen molar-refractivity contribution in [1.82, 2.24) is 10.2 Å². The Hall–Kier alpha value is -1.62. The number of ether oxygens (including phenoxy) is 1. The molecule has 0 unspecified atom stereocenters. The van der Waals surface area contributed by atoms with Gasteiger partial charge in [0.25, 0.3) is 0 Å². The lowest BCUT2D eigenvalue weighted by molar-refractivity contribution is 0.293. The first-order chi connectivity index (χ1) is 12.6. The van der Waals surface area contributed by atoms with E-state index in [1.807, 2.05) is 18.2 Å². The predicted molar refractivity (Wildman–Crippen MR) is 106 cm³/mol. The Morgan fingerprint density at radius 2 is 1.85 bits per heavy atom. The van der Waals surface area contributed by atoms with E-state index >= 15 is 0 Å². The molecule has 0 radical (unpaired) electrons. The maximum Gasteiger partial charge on any atom is 0.129 e. The zero-order valence-electron chi connectivity index (χ0n) is 15.6. The van der Waals surface area contributed by atoms with Gasteiger partial charge in [0.2, 0.25) is 0 Å². The average molecular weight is 379 g/mol. The summed E-state index contributed by atoms with van der Waals surface area (Å²) in [7, 11) is 0. The normalized spacial score (nSPS) is 11.1. The lowest BCUT2D eigenvalue weighted by Crippen LogP contribution is -2.27. The van der Waals surface area contributed by atoms with E-state index in [1.165, 1.54) is 6.07 Å². The van der Waals surface area contributed by atoms with E-state index in [2.05, 4.69) is 24.1 Å². The van der Waals surface area contributed by atoms with Crippen LogP contribution in [-0.2, 0) is 13.2 Å². The van der Waals surface area contributed by atoms with Crippen LogP contribution in [0.5, 0.6) is 5.75 Å². The second-order valence-corrected chi connectivity index (χ2v) is 6.63. The number of nitrogens with zero attached hydrogens (tertiary/aromatic N) is 1. The molecule has 2 aromatic carbocycles. The largest absolute Gasteiger partial charge is 0.488 e. The lowest BCUT2D eigenvalue weighted by atomic mass is 10.2. The number of rotatable bonds is 11. The monoisotopic (exact) mass is 378 g/mol. The van der Waals surface area contributed by atoms with E-state index in [1.54, 1.807) is 18.2 Å². The molecule has 5 heteroatoms. The van der Waals surface area contributed by atoms with Crippen molar-refractivity contribution in [2.75, 3.05) is 26.2 Å². The zero-order valence-corrected chi connectivity index (χ0v) is 16.4. The van der Waals surface area contributed by atoms with Crippen molar-refractivity contribution in [2.24, 2.45) is 0 Å². The number of benzene rings is 2. The third-order valence-electron chi connectivity index (χ3n) is 4.40. The molecule has 0 aromatic heterocycles. The minimum absolute atomic E-state index is 0.198. The van der Waals surface area contributed by atoms with Crippen molar-refractivity contribution in [3.05, 3.63) is 64.4 Å². The Labute approximate surface area is 161 Å². The summed E-state index contributed by atoms with van der Waals surface area (Å²) in [4.78, 5) is 2.41. The molecule has 0 bridgehead atoms. The van der Waals surface area contributed by atoms with E-state index < -0.39 is 0 Å². The van der Waals surface area contributed by atoms with Crippen molar-refractivity contribution < 1.29 is 9.13 Å². The first-order valence-electron chi connectivity index (χ1n) is 9.21. The van der Waals surface area contributed by atoms with Gasteiger partial charge in [-0.2, -0.15) is 0 Å². The van der Waals surface area contributed by atoms with E-state index in [9.17, 15) is 4.39 Å². The SMILES string of the molecule is CCN(CC)CCCNCc1cc(Cl)ccc1OCc1ccccc1F. The predicted octanol–water partition coefficient (Wildman–Crippen LogP) is 4.88. The van der Waals surface area contributed by atoms with Gasteiger partial charge in [-0.25, -0.2) is 4.39 Å². The van der Waals surface area contributed by atoms with E-state index in [0.717, 1.165) is 43.9 Å². The van der Waals surface area contributed by atoms with Crippen LogP contribution in [0.25, 0.3) is 0 Å². The zero-order chi connectivity index (χ0) is 18.8. The average Bonchev–Trinajstić information content (AvgIpc) is 2.65. The molecule has 1 N–H and O–H groups in total. The van der Waals surface area contributed by atoms with Gasteiger partial charge in [0.1, 0.15) is 18.2 Å². The van der Waals surface area contributed by atoms with Gasteiger partial charge in [-0.15, -0.1) is 0 Å². The lowest BCUT2D eigenvalue weighted by Gasteiger charge is -2.18. The molecular weight excluding hydrogens is 351 g/mol. The first kappa shape index (κ1) is 20.7. The molecule has 26 heavy (non-hydrogen) atoms. The Bertz CT molecular complexity index is 677. The highest BCUT2D eigenvalue weighted by Crippen LogP contribution is 2.24. The summed E-state index contributed by atoms with van der Waals surface area (Å²) in [5, 5.41) is 4.11. The van der Waals surface area contributed by atoms with E-state index in [-0.39, 0.29) is 12.4 Å². The van der Waals surface area contributed by atoms with Gasteiger partial charge < -0.3 is 15.0 Å². The summed E-state index contributed by atoms with van der Waals surface area (Å²) in [6.07, 6.45) is 1.09. The van der Waals surface area contributed by atoms with Crippen LogP contribution in [0.3, 0.4) is 0 Å². The van der Waals surface area contributed by atoms with Crippen LogP contribution in [0.15, 0.2) is 42.5 Å². The summed E-state index contributed by atoms with van der Waals surface area (Å²) in [5.41, 5.74) is 1.53. The second kappa shape index (κ2) is 11.2. The topological polar surface area (TPSA) is 24.5 Å². The molecule has 0 aliphatic rings. The molecule has 142 valence electrons. The number of hydrogen-bond donors (Lipinski definition) is 1. The standard InChI is InChI=1S/C21H28ClFN2O/c1-3-25(4-2)13-7-12-24-15-18-14-19(22)10-11-21(18)26-16-17-8-5-6-9-20(17)23/h5-6,8-11,14,24H,3-4,7,12-13,15-16H2,1-2H3. The van der Waals surface area contributed by atoms with Crippen LogP contribution >= 0.6 is 11.6 Å². The summed E-state index contributed by atoms with van der Waals surface area (Å²) >= 11 is 6.13. The van der Waals surface area contributed by atoms with Crippen molar-refractivity contribution in [3.8, 4) is 5.75 Å². The highest BCUT2D eigenvalue weighted by Gasteiger charge is 2.07. The quantitative estimate of drug-likeness (QED) is 0.564. The third kappa shape index (κ3) is 6.60. The molecule has 2 aromatic rings.